The maximum Gasteiger partial charge on any atom is 0.257 e. The van der Waals surface area contributed by atoms with Crippen molar-refractivity contribution < 1.29 is 14.3 Å². The van der Waals surface area contributed by atoms with Gasteiger partial charge in [-0.25, -0.2) is 4.98 Å². The highest BCUT2D eigenvalue weighted by molar-refractivity contribution is 7.07. The summed E-state index contributed by atoms with van der Waals surface area (Å²) < 4.78 is 5.87. The van der Waals surface area contributed by atoms with Crippen molar-refractivity contribution in [2.45, 2.75) is 13.0 Å². The van der Waals surface area contributed by atoms with Crippen LogP contribution in [0, 0.1) is 0 Å². The van der Waals surface area contributed by atoms with Gasteiger partial charge in [0.25, 0.3) is 11.8 Å². The van der Waals surface area contributed by atoms with E-state index in [4.69, 9.17) is 4.74 Å². The minimum absolute atomic E-state index is 0.0110. The molecule has 2 aromatic carbocycles. The van der Waals surface area contributed by atoms with Crippen molar-refractivity contribution in [2.75, 3.05) is 26.2 Å². The molecule has 30 heavy (non-hydrogen) atoms. The van der Waals surface area contributed by atoms with Crippen LogP contribution in [0.3, 0.4) is 0 Å². The van der Waals surface area contributed by atoms with Gasteiger partial charge in [0.05, 0.1) is 16.8 Å². The lowest BCUT2D eigenvalue weighted by molar-refractivity contribution is 0.0716. The second kappa shape index (κ2) is 9.54. The van der Waals surface area contributed by atoms with Crippen molar-refractivity contribution >= 4 is 23.2 Å². The van der Waals surface area contributed by atoms with E-state index in [1.807, 2.05) is 63.7 Å². The summed E-state index contributed by atoms with van der Waals surface area (Å²) in [7, 11) is 0. The average Bonchev–Trinajstić information content (AvgIpc) is 3.20. The van der Waals surface area contributed by atoms with Crippen molar-refractivity contribution in [3.05, 3.63) is 82.3 Å². The lowest BCUT2D eigenvalue weighted by Gasteiger charge is -2.23. The normalized spacial score (nSPS) is 14.3. The molecule has 2 heterocycles. The molecule has 0 atom stereocenters. The molecule has 0 aliphatic carbocycles. The van der Waals surface area contributed by atoms with Crippen LogP contribution >= 0.6 is 11.3 Å². The topological polar surface area (TPSA) is 62.7 Å². The largest absolute Gasteiger partial charge is 0.486 e. The van der Waals surface area contributed by atoms with E-state index in [0.29, 0.717) is 49.7 Å². The Balaban J connectivity index is 1.42. The molecule has 0 saturated carbocycles. The summed E-state index contributed by atoms with van der Waals surface area (Å²) in [5.74, 6) is 0.492. The Kier molecular flexibility index (Phi) is 6.39. The number of hydrogen-bond acceptors (Lipinski definition) is 5. The van der Waals surface area contributed by atoms with Crippen molar-refractivity contribution in [1.82, 2.24) is 14.8 Å². The van der Waals surface area contributed by atoms with Crippen molar-refractivity contribution in [3.63, 3.8) is 0 Å². The fourth-order valence-electron chi connectivity index (χ4n) is 3.49. The number of carbonyl (C=O) groups is 2. The van der Waals surface area contributed by atoms with Crippen LogP contribution in [0.15, 0.2) is 65.5 Å². The Bertz CT molecular complexity index is 992. The van der Waals surface area contributed by atoms with Gasteiger partial charge in [-0.1, -0.05) is 30.3 Å². The van der Waals surface area contributed by atoms with E-state index >= 15 is 0 Å². The molecule has 0 spiro atoms. The van der Waals surface area contributed by atoms with Gasteiger partial charge in [0.2, 0.25) is 0 Å². The number of carbonyl (C=O) groups excluding carboxylic acids is 2. The molecule has 1 aliphatic rings. The number of amides is 2. The minimum atomic E-state index is -0.0714. The highest BCUT2D eigenvalue weighted by atomic mass is 32.1. The predicted molar refractivity (Wildman–Crippen MR) is 116 cm³/mol. The molecule has 3 aromatic rings. The van der Waals surface area contributed by atoms with Gasteiger partial charge in [0, 0.05) is 37.1 Å². The van der Waals surface area contributed by atoms with Gasteiger partial charge >= 0.3 is 0 Å². The van der Waals surface area contributed by atoms with Crippen LogP contribution in [-0.2, 0) is 6.61 Å². The smallest absolute Gasteiger partial charge is 0.257 e. The Morgan fingerprint density at radius 2 is 1.60 bits per heavy atom. The molecular formula is C23H23N3O3S. The number of hydrogen-bond donors (Lipinski definition) is 0. The summed E-state index contributed by atoms with van der Waals surface area (Å²) in [6, 6.07) is 16.6. The quantitative estimate of drug-likeness (QED) is 0.630. The van der Waals surface area contributed by atoms with Crippen LogP contribution in [0.2, 0.25) is 0 Å². The van der Waals surface area contributed by atoms with Crippen molar-refractivity contribution in [2.24, 2.45) is 0 Å². The van der Waals surface area contributed by atoms with Crippen molar-refractivity contribution in [1.29, 1.82) is 0 Å². The molecule has 7 heteroatoms. The molecule has 0 bridgehead atoms. The van der Waals surface area contributed by atoms with Crippen LogP contribution in [0.4, 0.5) is 0 Å². The first kappa shape index (κ1) is 20.1. The van der Waals surface area contributed by atoms with E-state index in [9.17, 15) is 9.59 Å². The first-order valence-electron chi connectivity index (χ1n) is 9.95. The highest BCUT2D eigenvalue weighted by Gasteiger charge is 2.25. The Hall–Kier alpha value is -3.19. The summed E-state index contributed by atoms with van der Waals surface area (Å²) in [4.78, 5) is 33.8. The lowest BCUT2D eigenvalue weighted by Crippen LogP contribution is -2.37. The van der Waals surface area contributed by atoms with Crippen molar-refractivity contribution in [3.8, 4) is 5.75 Å². The Labute approximate surface area is 179 Å². The third-order valence-electron chi connectivity index (χ3n) is 5.07. The molecule has 0 N–H and O–H groups in total. The summed E-state index contributed by atoms with van der Waals surface area (Å²) in [6.45, 7) is 2.59. The average molecular weight is 422 g/mol. The number of ether oxygens (including phenoxy) is 1. The number of aromatic nitrogens is 1. The summed E-state index contributed by atoms with van der Waals surface area (Å²) >= 11 is 1.51. The molecule has 1 aliphatic heterocycles. The van der Waals surface area contributed by atoms with Gasteiger partial charge in [0.15, 0.2) is 0 Å². The second-order valence-electron chi connectivity index (χ2n) is 7.07. The maximum absolute atomic E-state index is 13.2. The first-order valence-corrected chi connectivity index (χ1v) is 10.9. The zero-order valence-corrected chi connectivity index (χ0v) is 17.4. The fourth-order valence-corrected chi connectivity index (χ4v) is 4.03. The van der Waals surface area contributed by atoms with E-state index in [0.717, 1.165) is 12.1 Å². The number of benzene rings is 2. The van der Waals surface area contributed by atoms with Gasteiger partial charge < -0.3 is 14.5 Å². The number of para-hydroxylation sites is 1. The first-order chi connectivity index (χ1) is 14.7. The molecular weight excluding hydrogens is 398 g/mol. The second-order valence-corrected chi connectivity index (χ2v) is 7.79. The van der Waals surface area contributed by atoms with Gasteiger partial charge in [-0.15, -0.1) is 11.3 Å². The number of rotatable bonds is 5. The predicted octanol–water partition coefficient (Wildman–Crippen LogP) is 3.71. The van der Waals surface area contributed by atoms with E-state index < -0.39 is 0 Å². The molecule has 154 valence electrons. The molecule has 1 saturated heterocycles. The van der Waals surface area contributed by atoms with E-state index in [1.54, 1.807) is 11.6 Å². The summed E-state index contributed by atoms with van der Waals surface area (Å²) in [5.41, 5.74) is 3.82. The molecule has 1 aromatic heterocycles. The monoisotopic (exact) mass is 421 g/mol. The van der Waals surface area contributed by atoms with Crippen LogP contribution in [0.1, 0.15) is 32.8 Å². The van der Waals surface area contributed by atoms with Crippen LogP contribution in [-0.4, -0.2) is 52.8 Å². The van der Waals surface area contributed by atoms with Gasteiger partial charge in [-0.3, -0.25) is 9.59 Å². The zero-order chi connectivity index (χ0) is 20.8. The summed E-state index contributed by atoms with van der Waals surface area (Å²) in [6.07, 6.45) is 0.742. The zero-order valence-electron chi connectivity index (χ0n) is 16.6. The fraction of sp³-hybridized carbons (Fsp3) is 0.261. The maximum atomic E-state index is 13.2. The third kappa shape index (κ3) is 4.68. The van der Waals surface area contributed by atoms with Gasteiger partial charge in [-0.2, -0.15) is 0 Å². The van der Waals surface area contributed by atoms with E-state index in [2.05, 4.69) is 4.98 Å². The summed E-state index contributed by atoms with van der Waals surface area (Å²) in [5, 5.41) is 1.93. The van der Waals surface area contributed by atoms with Gasteiger partial charge in [0.1, 0.15) is 12.4 Å². The SMILES string of the molecule is O=C(c1ccccc1)N1CCCN(C(=O)c2ccccc2OCc2cscn2)CC1. The molecule has 0 radical (unpaired) electrons. The molecule has 4 rings (SSSR count). The highest BCUT2D eigenvalue weighted by Crippen LogP contribution is 2.22. The Morgan fingerprint density at radius 1 is 0.900 bits per heavy atom. The van der Waals surface area contributed by atoms with Crippen LogP contribution in [0.5, 0.6) is 5.75 Å². The molecule has 2 amide bonds. The molecule has 0 unspecified atom stereocenters. The lowest BCUT2D eigenvalue weighted by atomic mass is 10.1. The number of thiazole rings is 1. The van der Waals surface area contributed by atoms with Crippen LogP contribution in [0.25, 0.3) is 0 Å². The standard InChI is InChI=1S/C23H23N3O3S/c27-22(18-7-2-1-3-8-18)25-11-6-12-26(14-13-25)23(28)20-9-4-5-10-21(20)29-15-19-16-30-17-24-19/h1-5,7-10,16-17H,6,11-15H2. The Morgan fingerprint density at radius 3 is 2.33 bits per heavy atom. The third-order valence-corrected chi connectivity index (χ3v) is 5.70. The minimum Gasteiger partial charge on any atom is -0.486 e. The molecule has 6 nitrogen and oxygen atoms in total. The van der Waals surface area contributed by atoms with Gasteiger partial charge in [-0.05, 0) is 30.7 Å². The van der Waals surface area contributed by atoms with Crippen LogP contribution < -0.4 is 4.74 Å². The molecule has 1 fully saturated rings. The van der Waals surface area contributed by atoms with E-state index in [-0.39, 0.29) is 11.8 Å². The van der Waals surface area contributed by atoms with E-state index in [1.165, 1.54) is 11.3 Å². The number of nitrogens with zero attached hydrogens (tertiary/aromatic N) is 3.